The van der Waals surface area contributed by atoms with Gasteiger partial charge in [-0.1, -0.05) is 18.2 Å². The zero-order valence-corrected chi connectivity index (χ0v) is 13.5. The largest absolute Gasteiger partial charge is 0.392 e. The summed E-state index contributed by atoms with van der Waals surface area (Å²) in [6.07, 6.45) is 0.939. The van der Waals surface area contributed by atoms with E-state index in [-0.39, 0.29) is 18.5 Å². The Balaban J connectivity index is 0.00000161. The van der Waals surface area contributed by atoms with Crippen LogP contribution >= 0.6 is 12.4 Å². The van der Waals surface area contributed by atoms with Gasteiger partial charge >= 0.3 is 0 Å². The van der Waals surface area contributed by atoms with Crippen molar-refractivity contribution in [1.82, 2.24) is 9.80 Å². The minimum Gasteiger partial charge on any atom is -0.392 e. The summed E-state index contributed by atoms with van der Waals surface area (Å²) in [6, 6.07) is 6.67. The number of β-amino-alcohol motifs (C(OH)–C–C–N with tert-alkyl or cyclic N) is 1. The fourth-order valence-electron chi connectivity index (χ4n) is 3.29. The SMILES string of the molecule is C[C@@H](O)CN1CCN(Cc2cccc3c2NCC3)CC1.Cl. The molecule has 2 aliphatic rings. The molecule has 1 saturated heterocycles. The number of piperazine rings is 1. The molecule has 21 heavy (non-hydrogen) atoms. The third-order valence-corrected chi connectivity index (χ3v) is 4.31. The topological polar surface area (TPSA) is 38.7 Å². The highest BCUT2D eigenvalue weighted by Crippen LogP contribution is 2.27. The average Bonchev–Trinajstić information content (AvgIpc) is 2.90. The predicted molar refractivity (Wildman–Crippen MR) is 89.3 cm³/mol. The van der Waals surface area contributed by atoms with Crippen LogP contribution in [0.5, 0.6) is 0 Å². The number of halogens is 1. The van der Waals surface area contributed by atoms with Crippen molar-refractivity contribution in [2.45, 2.75) is 26.0 Å². The standard InChI is InChI=1S/C16H25N3O.ClH/c1-13(20)11-18-7-9-19(10-8-18)12-15-4-2-3-14-5-6-17-16(14)15;/h2-4,13,17,20H,5-12H2,1H3;1H/t13-;/m1./s1. The Bertz CT molecular complexity index is 459. The van der Waals surface area contributed by atoms with E-state index in [0.717, 1.165) is 52.2 Å². The lowest BCUT2D eigenvalue weighted by Crippen LogP contribution is -2.47. The summed E-state index contributed by atoms with van der Waals surface area (Å²) in [5.74, 6) is 0. The van der Waals surface area contributed by atoms with Gasteiger partial charge in [0.05, 0.1) is 6.10 Å². The minimum atomic E-state index is -0.219. The fourth-order valence-corrected chi connectivity index (χ4v) is 3.29. The van der Waals surface area contributed by atoms with Gasteiger partial charge < -0.3 is 10.4 Å². The Morgan fingerprint density at radius 3 is 2.62 bits per heavy atom. The molecule has 5 heteroatoms. The summed E-state index contributed by atoms with van der Waals surface area (Å²) in [5, 5.41) is 13.0. The number of hydrogen-bond donors (Lipinski definition) is 2. The van der Waals surface area contributed by atoms with Crippen LogP contribution in [0.3, 0.4) is 0 Å². The van der Waals surface area contributed by atoms with Gasteiger partial charge in [-0.05, 0) is 24.5 Å². The van der Waals surface area contributed by atoms with E-state index >= 15 is 0 Å². The second kappa shape index (κ2) is 7.45. The van der Waals surface area contributed by atoms with Crippen LogP contribution in [0.4, 0.5) is 5.69 Å². The Morgan fingerprint density at radius 1 is 1.19 bits per heavy atom. The smallest absolute Gasteiger partial charge is 0.0639 e. The molecule has 0 aliphatic carbocycles. The number of anilines is 1. The van der Waals surface area contributed by atoms with E-state index in [2.05, 4.69) is 33.3 Å². The molecule has 118 valence electrons. The van der Waals surface area contributed by atoms with E-state index in [1.165, 1.54) is 16.8 Å². The molecule has 2 N–H and O–H groups in total. The highest BCUT2D eigenvalue weighted by atomic mass is 35.5. The molecule has 2 aliphatic heterocycles. The molecule has 4 nitrogen and oxygen atoms in total. The summed E-state index contributed by atoms with van der Waals surface area (Å²) in [6.45, 7) is 9.10. The molecule has 1 aromatic carbocycles. The molecule has 0 amide bonds. The number of nitrogens with one attached hydrogen (secondary N) is 1. The van der Waals surface area contributed by atoms with Crippen molar-refractivity contribution < 1.29 is 5.11 Å². The quantitative estimate of drug-likeness (QED) is 0.885. The normalized spacial score (nSPS) is 20.5. The maximum absolute atomic E-state index is 9.45. The average molecular weight is 312 g/mol. The van der Waals surface area contributed by atoms with Crippen LogP contribution in [0.15, 0.2) is 18.2 Å². The van der Waals surface area contributed by atoms with Crippen molar-refractivity contribution >= 4 is 18.1 Å². The van der Waals surface area contributed by atoms with Gasteiger partial charge in [0, 0.05) is 51.5 Å². The van der Waals surface area contributed by atoms with Crippen LogP contribution in [-0.4, -0.2) is 60.3 Å². The lowest BCUT2D eigenvalue weighted by Gasteiger charge is -2.35. The van der Waals surface area contributed by atoms with E-state index in [1.807, 2.05) is 6.92 Å². The van der Waals surface area contributed by atoms with Gasteiger partial charge in [-0.15, -0.1) is 12.4 Å². The van der Waals surface area contributed by atoms with E-state index in [4.69, 9.17) is 0 Å². The maximum atomic E-state index is 9.45. The first-order valence-electron chi connectivity index (χ1n) is 7.70. The Morgan fingerprint density at radius 2 is 1.90 bits per heavy atom. The van der Waals surface area contributed by atoms with Crippen LogP contribution in [-0.2, 0) is 13.0 Å². The van der Waals surface area contributed by atoms with Crippen molar-refractivity contribution in [3.63, 3.8) is 0 Å². The highest BCUT2D eigenvalue weighted by Gasteiger charge is 2.20. The molecule has 0 saturated carbocycles. The number of nitrogens with zero attached hydrogens (tertiary/aromatic N) is 2. The highest BCUT2D eigenvalue weighted by molar-refractivity contribution is 5.85. The van der Waals surface area contributed by atoms with Crippen LogP contribution in [0.2, 0.25) is 0 Å². The van der Waals surface area contributed by atoms with Gasteiger partial charge in [0.2, 0.25) is 0 Å². The van der Waals surface area contributed by atoms with Crippen molar-refractivity contribution in [1.29, 1.82) is 0 Å². The summed E-state index contributed by atoms with van der Waals surface area (Å²) >= 11 is 0. The van der Waals surface area contributed by atoms with Gasteiger partial charge in [0.25, 0.3) is 0 Å². The summed E-state index contributed by atoms with van der Waals surface area (Å²) in [4.78, 5) is 4.88. The first-order chi connectivity index (χ1) is 9.72. The van der Waals surface area contributed by atoms with Crippen LogP contribution in [0.25, 0.3) is 0 Å². The molecule has 0 radical (unpaired) electrons. The number of benzene rings is 1. The molecule has 0 bridgehead atoms. The second-order valence-corrected chi connectivity index (χ2v) is 6.05. The number of aliphatic hydroxyl groups is 1. The fraction of sp³-hybridized carbons (Fsp3) is 0.625. The minimum absolute atomic E-state index is 0. The second-order valence-electron chi connectivity index (χ2n) is 6.05. The molecule has 0 aromatic heterocycles. The van der Waals surface area contributed by atoms with Gasteiger partial charge in [-0.2, -0.15) is 0 Å². The zero-order chi connectivity index (χ0) is 13.9. The van der Waals surface area contributed by atoms with Gasteiger partial charge in [0.15, 0.2) is 0 Å². The molecule has 2 heterocycles. The lowest BCUT2D eigenvalue weighted by atomic mass is 10.1. The molecular weight excluding hydrogens is 286 g/mol. The molecule has 0 unspecified atom stereocenters. The first kappa shape index (κ1) is 16.6. The van der Waals surface area contributed by atoms with E-state index < -0.39 is 0 Å². The Kier molecular flexibility index (Phi) is 5.88. The Hall–Kier alpha value is -0.810. The number of hydrogen-bond acceptors (Lipinski definition) is 4. The molecule has 3 rings (SSSR count). The van der Waals surface area contributed by atoms with Crippen molar-refractivity contribution in [2.75, 3.05) is 44.6 Å². The van der Waals surface area contributed by atoms with Crippen LogP contribution < -0.4 is 5.32 Å². The zero-order valence-electron chi connectivity index (χ0n) is 12.7. The van der Waals surface area contributed by atoms with Crippen molar-refractivity contribution in [3.05, 3.63) is 29.3 Å². The van der Waals surface area contributed by atoms with Crippen LogP contribution in [0, 0.1) is 0 Å². The van der Waals surface area contributed by atoms with Crippen molar-refractivity contribution in [2.24, 2.45) is 0 Å². The molecule has 0 spiro atoms. The number of rotatable bonds is 4. The molecular formula is C16H26ClN3O. The van der Waals surface area contributed by atoms with Crippen molar-refractivity contribution in [3.8, 4) is 0 Å². The third-order valence-electron chi connectivity index (χ3n) is 4.31. The summed E-state index contributed by atoms with van der Waals surface area (Å²) < 4.78 is 0. The summed E-state index contributed by atoms with van der Waals surface area (Å²) in [7, 11) is 0. The summed E-state index contributed by atoms with van der Waals surface area (Å²) in [5.41, 5.74) is 4.28. The third kappa shape index (κ3) is 4.10. The van der Waals surface area contributed by atoms with E-state index in [1.54, 1.807) is 0 Å². The molecule has 1 fully saturated rings. The monoisotopic (exact) mass is 311 g/mol. The number of para-hydroxylation sites is 1. The lowest BCUT2D eigenvalue weighted by molar-refractivity contribution is 0.0781. The number of aliphatic hydroxyl groups excluding tert-OH is 1. The molecule has 1 aromatic rings. The van der Waals surface area contributed by atoms with E-state index in [0.29, 0.717) is 0 Å². The maximum Gasteiger partial charge on any atom is 0.0639 e. The van der Waals surface area contributed by atoms with Gasteiger partial charge in [0.1, 0.15) is 0 Å². The van der Waals surface area contributed by atoms with Gasteiger partial charge in [-0.3, -0.25) is 9.80 Å². The molecule has 1 atom stereocenters. The Labute approximate surface area is 133 Å². The van der Waals surface area contributed by atoms with Crippen LogP contribution in [0.1, 0.15) is 18.1 Å². The first-order valence-corrected chi connectivity index (χ1v) is 7.70. The van der Waals surface area contributed by atoms with Gasteiger partial charge in [-0.25, -0.2) is 0 Å². The van der Waals surface area contributed by atoms with E-state index in [9.17, 15) is 5.11 Å². The predicted octanol–water partition coefficient (Wildman–Crippen LogP) is 1.57. The number of fused-ring (bicyclic) bond motifs is 1.